The molecule has 1 aliphatic carbocycles. The highest BCUT2D eigenvalue weighted by atomic mass is 16.5. The third-order valence-electron chi connectivity index (χ3n) is 3.15. The number of aromatic nitrogens is 2. The highest BCUT2D eigenvalue weighted by molar-refractivity contribution is 5.56. The first-order chi connectivity index (χ1) is 8.36. The van der Waals surface area contributed by atoms with Gasteiger partial charge in [-0.1, -0.05) is 11.2 Å². The molecule has 17 heavy (non-hydrogen) atoms. The molecule has 3 rings (SSSR count). The molecule has 2 aromatic rings. The summed E-state index contributed by atoms with van der Waals surface area (Å²) in [5.41, 5.74) is 3.92. The molecule has 0 unspecified atom stereocenters. The molecule has 0 atom stereocenters. The summed E-state index contributed by atoms with van der Waals surface area (Å²) in [7, 11) is 1.87. The molecule has 1 aromatic carbocycles. The van der Waals surface area contributed by atoms with E-state index in [1.807, 2.05) is 7.05 Å². The van der Waals surface area contributed by atoms with E-state index in [9.17, 15) is 0 Å². The van der Waals surface area contributed by atoms with Gasteiger partial charge in [0.15, 0.2) is 5.82 Å². The van der Waals surface area contributed by atoms with E-state index in [0.29, 0.717) is 18.3 Å². The molecule has 1 aromatic heterocycles. The van der Waals surface area contributed by atoms with Gasteiger partial charge in [-0.05, 0) is 49.6 Å². The number of aryl methyl sites for hydroxylation is 2. The second-order valence-electron chi connectivity index (χ2n) is 4.38. The summed E-state index contributed by atoms with van der Waals surface area (Å²) in [6, 6.07) is 6.43. The van der Waals surface area contributed by atoms with Gasteiger partial charge in [0, 0.05) is 5.56 Å². The van der Waals surface area contributed by atoms with Gasteiger partial charge in [0.25, 0.3) is 5.89 Å². The quantitative estimate of drug-likeness (QED) is 0.874. The van der Waals surface area contributed by atoms with E-state index in [-0.39, 0.29) is 0 Å². The van der Waals surface area contributed by atoms with Gasteiger partial charge in [-0.3, -0.25) is 0 Å². The first kappa shape index (κ1) is 10.5. The molecule has 0 radical (unpaired) electrons. The van der Waals surface area contributed by atoms with Crippen LogP contribution in [0.3, 0.4) is 0 Å². The van der Waals surface area contributed by atoms with Crippen LogP contribution < -0.4 is 5.32 Å². The van der Waals surface area contributed by atoms with Crippen molar-refractivity contribution in [2.45, 2.75) is 25.8 Å². The zero-order valence-corrected chi connectivity index (χ0v) is 9.86. The number of hydrogen-bond donors (Lipinski definition) is 1. The van der Waals surface area contributed by atoms with Gasteiger partial charge in [-0.15, -0.1) is 0 Å². The molecular formula is C13H15N3O. The lowest BCUT2D eigenvalue weighted by Gasteiger charge is -2.00. The molecule has 0 fully saturated rings. The Balaban J connectivity index is 1.92. The predicted molar refractivity (Wildman–Crippen MR) is 64.5 cm³/mol. The second kappa shape index (κ2) is 4.30. The average molecular weight is 229 g/mol. The Kier molecular flexibility index (Phi) is 2.65. The van der Waals surface area contributed by atoms with Gasteiger partial charge in [-0.25, -0.2) is 0 Å². The molecule has 0 spiro atoms. The lowest BCUT2D eigenvalue weighted by molar-refractivity contribution is 0.420. The number of fused-ring (bicyclic) bond motifs is 1. The summed E-state index contributed by atoms with van der Waals surface area (Å²) in [4.78, 5) is 4.36. The van der Waals surface area contributed by atoms with Crippen molar-refractivity contribution in [3.8, 4) is 11.5 Å². The SMILES string of the molecule is CNCc1noc(-c2ccc3c(c2)CCC3)n1. The Labute approximate surface area is 100 Å². The molecule has 0 saturated carbocycles. The molecule has 0 amide bonds. The zero-order valence-electron chi connectivity index (χ0n) is 9.86. The van der Waals surface area contributed by atoms with Gasteiger partial charge in [0.05, 0.1) is 6.54 Å². The standard InChI is InChI=1S/C13H15N3O/c1-14-8-12-15-13(17-16-12)11-6-5-9-3-2-4-10(9)7-11/h5-7,14H,2-4,8H2,1H3. The van der Waals surface area contributed by atoms with Crippen molar-refractivity contribution in [2.75, 3.05) is 7.05 Å². The fourth-order valence-electron chi connectivity index (χ4n) is 2.31. The van der Waals surface area contributed by atoms with E-state index < -0.39 is 0 Å². The lowest BCUT2D eigenvalue weighted by atomic mass is 10.1. The Bertz CT molecular complexity index is 533. The second-order valence-corrected chi connectivity index (χ2v) is 4.38. The number of nitrogens with zero attached hydrogens (tertiary/aromatic N) is 2. The van der Waals surface area contributed by atoms with Crippen LogP contribution in [-0.2, 0) is 19.4 Å². The van der Waals surface area contributed by atoms with E-state index in [1.165, 1.54) is 30.4 Å². The predicted octanol–water partition coefficient (Wildman–Crippen LogP) is 1.94. The zero-order chi connectivity index (χ0) is 11.7. The summed E-state index contributed by atoms with van der Waals surface area (Å²) in [6.07, 6.45) is 3.62. The van der Waals surface area contributed by atoms with Gasteiger partial charge in [-0.2, -0.15) is 4.98 Å². The Morgan fingerprint density at radius 3 is 3.06 bits per heavy atom. The summed E-state index contributed by atoms with van der Waals surface area (Å²) in [5.74, 6) is 1.31. The lowest BCUT2D eigenvalue weighted by Crippen LogP contribution is -2.06. The molecule has 1 heterocycles. The highest BCUT2D eigenvalue weighted by Gasteiger charge is 2.14. The van der Waals surface area contributed by atoms with Crippen molar-refractivity contribution in [1.82, 2.24) is 15.5 Å². The maximum absolute atomic E-state index is 5.26. The first-order valence-corrected chi connectivity index (χ1v) is 5.96. The van der Waals surface area contributed by atoms with Crippen molar-refractivity contribution in [2.24, 2.45) is 0 Å². The van der Waals surface area contributed by atoms with E-state index >= 15 is 0 Å². The van der Waals surface area contributed by atoms with E-state index in [4.69, 9.17) is 4.52 Å². The first-order valence-electron chi connectivity index (χ1n) is 5.96. The van der Waals surface area contributed by atoms with Crippen LogP contribution in [0, 0.1) is 0 Å². The van der Waals surface area contributed by atoms with Gasteiger partial charge >= 0.3 is 0 Å². The fourth-order valence-corrected chi connectivity index (χ4v) is 2.31. The molecule has 0 bridgehead atoms. The summed E-state index contributed by atoms with van der Waals surface area (Å²) < 4.78 is 5.26. The van der Waals surface area contributed by atoms with Crippen LogP contribution in [-0.4, -0.2) is 17.2 Å². The Morgan fingerprint density at radius 2 is 2.18 bits per heavy atom. The topological polar surface area (TPSA) is 51.0 Å². The molecule has 0 aliphatic heterocycles. The summed E-state index contributed by atoms with van der Waals surface area (Å²) in [6.45, 7) is 0.633. The Morgan fingerprint density at radius 1 is 1.29 bits per heavy atom. The molecule has 1 aliphatic rings. The number of hydrogen-bond acceptors (Lipinski definition) is 4. The smallest absolute Gasteiger partial charge is 0.257 e. The van der Waals surface area contributed by atoms with Gasteiger partial charge in [0.2, 0.25) is 0 Å². The molecule has 0 saturated heterocycles. The van der Waals surface area contributed by atoms with E-state index in [1.54, 1.807) is 0 Å². The van der Waals surface area contributed by atoms with Crippen LogP contribution >= 0.6 is 0 Å². The van der Waals surface area contributed by atoms with Crippen LogP contribution in [0.5, 0.6) is 0 Å². The minimum atomic E-state index is 0.616. The van der Waals surface area contributed by atoms with E-state index in [0.717, 1.165) is 5.56 Å². The number of nitrogens with one attached hydrogen (secondary N) is 1. The molecule has 4 heteroatoms. The molecule has 1 N–H and O–H groups in total. The number of benzene rings is 1. The third kappa shape index (κ3) is 1.96. The van der Waals surface area contributed by atoms with Gasteiger partial charge in [0.1, 0.15) is 0 Å². The summed E-state index contributed by atoms with van der Waals surface area (Å²) in [5, 5.41) is 6.93. The van der Waals surface area contributed by atoms with Gasteiger partial charge < -0.3 is 9.84 Å². The van der Waals surface area contributed by atoms with Crippen molar-refractivity contribution in [3.05, 3.63) is 35.2 Å². The molecule has 88 valence electrons. The van der Waals surface area contributed by atoms with Crippen LogP contribution in [0.15, 0.2) is 22.7 Å². The molecular weight excluding hydrogens is 214 g/mol. The number of rotatable bonds is 3. The van der Waals surface area contributed by atoms with E-state index in [2.05, 4.69) is 33.7 Å². The maximum atomic E-state index is 5.26. The van der Waals surface area contributed by atoms with Crippen LogP contribution in [0.4, 0.5) is 0 Å². The monoisotopic (exact) mass is 229 g/mol. The largest absolute Gasteiger partial charge is 0.334 e. The van der Waals surface area contributed by atoms with Crippen LogP contribution in [0.1, 0.15) is 23.4 Å². The van der Waals surface area contributed by atoms with Crippen molar-refractivity contribution in [3.63, 3.8) is 0 Å². The van der Waals surface area contributed by atoms with Crippen molar-refractivity contribution >= 4 is 0 Å². The third-order valence-corrected chi connectivity index (χ3v) is 3.15. The highest BCUT2D eigenvalue weighted by Crippen LogP contribution is 2.27. The Hall–Kier alpha value is -1.68. The minimum absolute atomic E-state index is 0.616. The average Bonchev–Trinajstić information content (AvgIpc) is 2.96. The summed E-state index contributed by atoms with van der Waals surface area (Å²) >= 11 is 0. The molecule has 4 nitrogen and oxygen atoms in total. The fraction of sp³-hybridized carbons (Fsp3) is 0.385. The van der Waals surface area contributed by atoms with Crippen LogP contribution in [0.25, 0.3) is 11.5 Å². The normalized spacial score (nSPS) is 13.9. The van der Waals surface area contributed by atoms with Crippen LogP contribution in [0.2, 0.25) is 0 Å². The van der Waals surface area contributed by atoms with Crippen molar-refractivity contribution in [1.29, 1.82) is 0 Å². The van der Waals surface area contributed by atoms with Crippen molar-refractivity contribution < 1.29 is 4.52 Å². The minimum Gasteiger partial charge on any atom is -0.334 e. The maximum Gasteiger partial charge on any atom is 0.257 e.